The molecular formula is C3H6NaOS2. The fraction of sp³-hybridized carbons (Fsp3) is 0.667. The molecule has 0 aliphatic rings. The summed E-state index contributed by atoms with van der Waals surface area (Å²) >= 11 is 4.71. The summed E-state index contributed by atoms with van der Waals surface area (Å²) in [5, 5.41) is 0. The van der Waals surface area contributed by atoms with Crippen LogP contribution in [-0.4, -0.2) is 39.8 Å². The van der Waals surface area contributed by atoms with E-state index in [9.17, 15) is 4.79 Å². The van der Waals surface area contributed by atoms with E-state index in [2.05, 4.69) is 12.6 Å². The average molecular weight is 145 g/mol. The third-order valence-corrected chi connectivity index (χ3v) is 1.19. The second-order valence-corrected chi connectivity index (χ2v) is 2.64. The average Bonchev–Trinajstić information content (AvgIpc) is 1.35. The molecule has 0 bridgehead atoms. The van der Waals surface area contributed by atoms with Crippen LogP contribution in [0, 0.1) is 0 Å². The Balaban J connectivity index is 0. The number of thiol groups is 1. The Bertz CT molecular complexity index is 56.9. The molecule has 0 aromatic heterocycles. The summed E-state index contributed by atoms with van der Waals surface area (Å²) in [6, 6.07) is 0. The van der Waals surface area contributed by atoms with E-state index in [1.807, 2.05) is 6.92 Å². The zero-order chi connectivity index (χ0) is 4.99. The van der Waals surface area contributed by atoms with Crippen molar-refractivity contribution in [3.8, 4) is 0 Å². The summed E-state index contributed by atoms with van der Waals surface area (Å²) in [4.78, 5) is 9.87. The van der Waals surface area contributed by atoms with Crippen LogP contribution in [0.1, 0.15) is 6.92 Å². The molecule has 0 saturated carbocycles. The van der Waals surface area contributed by atoms with Crippen LogP contribution in [0.4, 0.5) is 4.79 Å². The summed E-state index contributed by atoms with van der Waals surface area (Å²) in [5.74, 6) is 0.822. The predicted molar refractivity (Wildman–Crippen MR) is 38.3 cm³/mol. The van der Waals surface area contributed by atoms with Gasteiger partial charge in [-0.15, -0.1) is 0 Å². The van der Waals surface area contributed by atoms with Gasteiger partial charge in [0.2, 0.25) is 4.45 Å². The maximum Gasteiger partial charge on any atom is 0.242 e. The molecule has 7 heavy (non-hydrogen) atoms. The van der Waals surface area contributed by atoms with Gasteiger partial charge in [-0.1, -0.05) is 31.3 Å². The van der Waals surface area contributed by atoms with E-state index in [0.29, 0.717) is 0 Å². The largest absolute Gasteiger partial charge is 0.275 e. The minimum absolute atomic E-state index is 0. The summed E-state index contributed by atoms with van der Waals surface area (Å²) in [6.45, 7) is 1.92. The second-order valence-electron chi connectivity index (χ2n) is 0.699. The van der Waals surface area contributed by atoms with Gasteiger partial charge in [0.1, 0.15) is 0 Å². The van der Waals surface area contributed by atoms with E-state index in [1.54, 1.807) is 0 Å². The van der Waals surface area contributed by atoms with Gasteiger partial charge in [0.05, 0.1) is 0 Å². The third-order valence-electron chi connectivity index (χ3n) is 0.268. The van der Waals surface area contributed by atoms with Crippen molar-refractivity contribution < 1.29 is 4.79 Å². The summed E-state index contributed by atoms with van der Waals surface area (Å²) in [7, 11) is 0. The first-order chi connectivity index (χ1) is 2.77. The number of carbonyl (C=O) groups excluding carboxylic acids is 1. The van der Waals surface area contributed by atoms with Crippen LogP contribution in [0.2, 0.25) is 0 Å². The molecule has 0 N–H and O–H groups in total. The number of hydrogen-bond donors (Lipinski definition) is 1. The van der Waals surface area contributed by atoms with Crippen LogP contribution in [0.5, 0.6) is 0 Å². The molecule has 0 heterocycles. The molecule has 37 valence electrons. The van der Waals surface area contributed by atoms with Crippen molar-refractivity contribution in [2.24, 2.45) is 0 Å². The molecule has 1 radical (unpaired) electrons. The zero-order valence-electron chi connectivity index (χ0n) is 4.47. The van der Waals surface area contributed by atoms with E-state index in [1.165, 1.54) is 11.8 Å². The Morgan fingerprint density at radius 3 is 2.29 bits per heavy atom. The molecule has 0 spiro atoms. The fourth-order valence-corrected chi connectivity index (χ4v) is 0.758. The minimum atomic E-state index is -0.0995. The molecule has 0 amide bonds. The van der Waals surface area contributed by atoms with Gasteiger partial charge in [0.25, 0.3) is 0 Å². The van der Waals surface area contributed by atoms with Crippen LogP contribution in [0.25, 0.3) is 0 Å². The van der Waals surface area contributed by atoms with Gasteiger partial charge in [0, 0.05) is 29.6 Å². The molecule has 0 aliphatic heterocycles. The topological polar surface area (TPSA) is 17.1 Å². The monoisotopic (exact) mass is 145 g/mol. The molecule has 0 unspecified atom stereocenters. The fourth-order valence-electron chi connectivity index (χ4n) is 0.123. The Kier molecular flexibility index (Phi) is 11.8. The molecular weight excluding hydrogens is 139 g/mol. The van der Waals surface area contributed by atoms with Crippen molar-refractivity contribution in [1.82, 2.24) is 0 Å². The Labute approximate surface area is 75.3 Å². The smallest absolute Gasteiger partial charge is 0.242 e. The number of rotatable bonds is 1. The van der Waals surface area contributed by atoms with Crippen LogP contribution >= 0.6 is 24.4 Å². The summed E-state index contributed by atoms with van der Waals surface area (Å²) < 4.78 is -0.0995. The normalized spacial score (nSPS) is 7.14. The molecule has 0 saturated heterocycles. The maximum atomic E-state index is 9.87. The quantitative estimate of drug-likeness (QED) is 0.444. The first-order valence-electron chi connectivity index (χ1n) is 1.63. The van der Waals surface area contributed by atoms with Crippen molar-refractivity contribution in [2.75, 3.05) is 5.75 Å². The van der Waals surface area contributed by atoms with Gasteiger partial charge in [0.15, 0.2) is 0 Å². The van der Waals surface area contributed by atoms with Gasteiger partial charge in [-0.25, -0.2) is 0 Å². The van der Waals surface area contributed by atoms with E-state index < -0.39 is 0 Å². The molecule has 0 aliphatic carbocycles. The van der Waals surface area contributed by atoms with E-state index in [0.717, 1.165) is 5.75 Å². The molecule has 0 aromatic rings. The Hall–Kier alpha value is 1.37. The second kappa shape index (κ2) is 7.37. The summed E-state index contributed by atoms with van der Waals surface area (Å²) in [5.41, 5.74) is 0. The predicted octanol–water partition coefficient (Wildman–Crippen LogP) is 1.41. The van der Waals surface area contributed by atoms with E-state index in [4.69, 9.17) is 0 Å². The van der Waals surface area contributed by atoms with Crippen molar-refractivity contribution in [1.29, 1.82) is 0 Å². The van der Waals surface area contributed by atoms with Crippen molar-refractivity contribution >= 4 is 58.4 Å². The minimum Gasteiger partial charge on any atom is -0.275 e. The maximum absolute atomic E-state index is 9.87. The van der Waals surface area contributed by atoms with Crippen molar-refractivity contribution in [3.63, 3.8) is 0 Å². The first-order valence-corrected chi connectivity index (χ1v) is 3.06. The molecule has 0 atom stereocenters. The van der Waals surface area contributed by atoms with Crippen LogP contribution in [-0.2, 0) is 0 Å². The zero-order valence-corrected chi connectivity index (χ0v) is 8.18. The van der Waals surface area contributed by atoms with Crippen molar-refractivity contribution in [2.45, 2.75) is 6.92 Å². The Morgan fingerprint density at radius 1 is 1.86 bits per heavy atom. The van der Waals surface area contributed by atoms with Crippen LogP contribution < -0.4 is 0 Å². The summed E-state index contributed by atoms with van der Waals surface area (Å²) in [6.07, 6.45) is 0. The van der Waals surface area contributed by atoms with Crippen LogP contribution in [0.3, 0.4) is 0 Å². The molecule has 4 heteroatoms. The molecule has 0 fully saturated rings. The first kappa shape index (κ1) is 11.2. The molecule has 0 rings (SSSR count). The van der Waals surface area contributed by atoms with Gasteiger partial charge in [-0.2, -0.15) is 0 Å². The van der Waals surface area contributed by atoms with Gasteiger partial charge >= 0.3 is 0 Å². The van der Waals surface area contributed by atoms with E-state index >= 15 is 0 Å². The number of hydrogen-bond acceptors (Lipinski definition) is 2. The molecule has 1 nitrogen and oxygen atoms in total. The van der Waals surface area contributed by atoms with Crippen molar-refractivity contribution in [3.05, 3.63) is 0 Å². The number of carbonyl (C=O) groups is 1. The Morgan fingerprint density at radius 2 is 2.29 bits per heavy atom. The molecule has 0 aromatic carbocycles. The van der Waals surface area contributed by atoms with Gasteiger partial charge in [-0.05, 0) is 5.75 Å². The van der Waals surface area contributed by atoms with Gasteiger partial charge < -0.3 is 0 Å². The third kappa shape index (κ3) is 11.1. The van der Waals surface area contributed by atoms with E-state index in [-0.39, 0.29) is 34.0 Å². The number of thioether (sulfide) groups is 1. The van der Waals surface area contributed by atoms with Crippen LogP contribution in [0.15, 0.2) is 0 Å². The van der Waals surface area contributed by atoms with Gasteiger partial charge in [-0.3, -0.25) is 4.79 Å². The SMILES string of the molecule is CCSC(=O)S.[Na]. The standard InChI is InChI=1S/C3H6OS2.Na/c1-2-6-3(4)5;/h2H2,1H3,(H,4,5);.